The van der Waals surface area contributed by atoms with Crippen molar-refractivity contribution in [3.63, 3.8) is 0 Å². The first-order valence-corrected chi connectivity index (χ1v) is 31.0. The van der Waals surface area contributed by atoms with Gasteiger partial charge in [0, 0.05) is 65.3 Å². The molecule has 0 radical (unpaired) electrons. The minimum absolute atomic E-state index is 0.00200. The van der Waals surface area contributed by atoms with Crippen LogP contribution in [-0.2, 0) is 50.5 Å². The summed E-state index contributed by atoms with van der Waals surface area (Å²) in [6.45, 7) is 2.32. The van der Waals surface area contributed by atoms with Crippen molar-refractivity contribution in [3.8, 4) is 29.1 Å². The standard InChI is InChI=1S/C68H79N5O16/c1-33-62(81)68(83,84)63(86-21-19-73-65(70)71)64(87-33)89-61-45-9-5-8-41(69)12-13-42(77)24-36-7-4-6-35(22-36)10-15-44-50(88-34(2)76)26-40(31-74)51-52(44)60(80)53(45)54(59(51)79)58(78)48(61)25-38-11-16-47-56-46-17-14-43-29-66(56,18-20-85-43)28-39-23-37(30-72-3)27-67(82,55(39)46)57(47)49(38)32-75/h4,6-7,10-11,15-16,22,26,32-33,37,39,41-43,46,55-56,62-64,72,74,77-78,81-84H,9,12-14,17-21,23-25,27-31,69H2,1-3H3,(H4,70,71,73)/b15-10+/t33-,37-,39+,41-,42-,43+,46-,55+,56-,62+,63-,64+,66-,67-/m0/s1. The number of nitrogens with two attached hydrogens (primary N) is 3. The molecule has 8 aliphatic rings. The number of aliphatic hydroxyl groups is 6. The van der Waals surface area contributed by atoms with Crippen LogP contribution in [0.3, 0.4) is 0 Å². The van der Waals surface area contributed by atoms with Gasteiger partial charge < -0.3 is 81.9 Å². The number of carbonyl (C=O) groups is 4. The second-order valence-corrected chi connectivity index (χ2v) is 26.0. The van der Waals surface area contributed by atoms with Gasteiger partial charge in [0.05, 0.1) is 55.3 Å². The minimum atomic E-state index is -3.13. The molecule has 14 N–H and O–H groups in total. The Morgan fingerprint density at radius 2 is 1.76 bits per heavy atom. The first kappa shape index (κ1) is 62.3. The van der Waals surface area contributed by atoms with E-state index >= 15 is 9.59 Å². The van der Waals surface area contributed by atoms with E-state index in [1.807, 2.05) is 25.2 Å². The Bertz CT molecular complexity index is 3640. The van der Waals surface area contributed by atoms with Gasteiger partial charge in [-0.05, 0) is 165 Å². The Morgan fingerprint density at radius 1 is 0.966 bits per heavy atom. The smallest absolute Gasteiger partial charge is 0.308 e. The number of ether oxygens (including phenoxy) is 5. The maximum absolute atomic E-state index is 16.3. The molecule has 14 atom stereocenters. The summed E-state index contributed by atoms with van der Waals surface area (Å²) in [5, 5.41) is 88.1. The van der Waals surface area contributed by atoms with Gasteiger partial charge in [-0.15, -0.1) is 0 Å². The van der Waals surface area contributed by atoms with Crippen molar-refractivity contribution in [1.29, 1.82) is 0 Å². The number of phenolic OH excluding ortho intramolecular Hbond substituents is 1. The van der Waals surface area contributed by atoms with Crippen molar-refractivity contribution in [1.82, 2.24) is 5.32 Å². The van der Waals surface area contributed by atoms with Crippen LogP contribution in [0.4, 0.5) is 0 Å². The molecule has 21 nitrogen and oxygen atoms in total. The molecule has 89 heavy (non-hydrogen) atoms. The van der Waals surface area contributed by atoms with E-state index in [1.165, 1.54) is 19.1 Å². The Hall–Kier alpha value is -6.91. The highest BCUT2D eigenvalue weighted by Gasteiger charge is 2.67. The Morgan fingerprint density at radius 3 is 2.52 bits per heavy atom. The summed E-state index contributed by atoms with van der Waals surface area (Å²) in [5.41, 5.74) is 17.5. The minimum Gasteiger partial charge on any atom is -0.507 e. The molecule has 4 aromatic carbocycles. The van der Waals surface area contributed by atoms with Gasteiger partial charge in [-0.3, -0.25) is 24.2 Å². The summed E-state index contributed by atoms with van der Waals surface area (Å²) >= 11 is 0. The first-order valence-electron chi connectivity index (χ1n) is 31.0. The van der Waals surface area contributed by atoms with E-state index in [4.69, 9.17) is 40.9 Å². The summed E-state index contributed by atoms with van der Waals surface area (Å²) in [7, 11) is 1.89. The Labute approximate surface area is 515 Å². The van der Waals surface area contributed by atoms with Crippen LogP contribution in [0.2, 0.25) is 0 Å². The van der Waals surface area contributed by atoms with Gasteiger partial charge in [-0.25, -0.2) is 0 Å². The van der Waals surface area contributed by atoms with Crippen molar-refractivity contribution < 1.29 is 78.6 Å². The average Bonchev–Trinajstić information content (AvgIpc) is 1.55. The van der Waals surface area contributed by atoms with Crippen LogP contribution in [0, 0.1) is 40.9 Å². The van der Waals surface area contributed by atoms with Crippen molar-refractivity contribution in [2.75, 3.05) is 33.4 Å². The van der Waals surface area contributed by atoms with Crippen molar-refractivity contribution in [2.24, 2.45) is 51.3 Å². The van der Waals surface area contributed by atoms with E-state index in [0.717, 1.165) is 62.9 Å². The zero-order valence-electron chi connectivity index (χ0n) is 50.2. The fraction of sp³-hybridized carbons (Fsp3) is 0.515. The van der Waals surface area contributed by atoms with E-state index < -0.39 is 102 Å². The third-order valence-electron chi connectivity index (χ3n) is 20.4. The molecule has 0 unspecified atom stereocenters. The van der Waals surface area contributed by atoms with Crippen LogP contribution in [-0.4, -0.2) is 148 Å². The van der Waals surface area contributed by atoms with Gasteiger partial charge in [0.25, 0.3) is 0 Å². The lowest BCUT2D eigenvalue weighted by Crippen LogP contribution is -2.67. The van der Waals surface area contributed by atoms with Gasteiger partial charge in [0.2, 0.25) is 12.1 Å². The van der Waals surface area contributed by atoms with Gasteiger partial charge in [-0.2, -0.15) is 0 Å². The molecule has 6 aliphatic carbocycles. The Kier molecular flexibility index (Phi) is 17.1. The van der Waals surface area contributed by atoms with Gasteiger partial charge >= 0.3 is 5.97 Å². The number of rotatable bonds is 13. The third kappa shape index (κ3) is 11.0. The highest BCUT2D eigenvalue weighted by atomic mass is 16.7. The number of nitrogens with one attached hydrogen (secondary N) is 1. The third-order valence-corrected chi connectivity index (χ3v) is 20.4. The van der Waals surface area contributed by atoms with Crippen LogP contribution in [0.25, 0.3) is 12.2 Å². The summed E-state index contributed by atoms with van der Waals surface area (Å²) in [4.78, 5) is 63.6. The lowest BCUT2D eigenvalue weighted by molar-refractivity contribution is -0.378. The zero-order valence-corrected chi connectivity index (χ0v) is 50.2. The van der Waals surface area contributed by atoms with Gasteiger partial charge in [-0.1, -0.05) is 54.3 Å². The number of hydrogen-bond donors (Lipinski definition) is 11. The number of fused-ring (bicyclic) bond motifs is 5. The fourth-order valence-corrected chi connectivity index (χ4v) is 17.1. The average molecular weight is 1220 g/mol. The summed E-state index contributed by atoms with van der Waals surface area (Å²) < 4.78 is 31.4. The molecule has 2 aliphatic heterocycles. The van der Waals surface area contributed by atoms with Crippen LogP contribution >= 0.6 is 0 Å². The number of ketones is 2. The predicted octanol–water partition coefficient (Wildman–Crippen LogP) is 3.68. The number of phenols is 1. The Balaban J connectivity index is 1.12. The topological polar surface area (TPSA) is 358 Å². The number of aromatic hydroxyl groups is 1. The van der Waals surface area contributed by atoms with E-state index in [9.17, 15) is 45.3 Å². The number of nitrogens with zero attached hydrogens (tertiary/aromatic N) is 1. The van der Waals surface area contributed by atoms with Crippen LogP contribution < -0.4 is 32.0 Å². The maximum atomic E-state index is 16.3. The summed E-state index contributed by atoms with van der Waals surface area (Å²) in [6.07, 6.45) is 1.20. The van der Waals surface area contributed by atoms with Crippen molar-refractivity contribution in [2.45, 2.75) is 158 Å². The largest absolute Gasteiger partial charge is 0.507 e. The van der Waals surface area contributed by atoms with E-state index in [1.54, 1.807) is 24.3 Å². The van der Waals surface area contributed by atoms with Gasteiger partial charge in [0.1, 0.15) is 23.4 Å². The molecule has 1 spiro atoms. The molecule has 472 valence electrons. The quantitative estimate of drug-likeness (QED) is 0.0117. The number of aliphatic hydroxyl groups excluding tert-OH is 3. The summed E-state index contributed by atoms with van der Waals surface area (Å²) in [5.74, 6) is -1.18. The molecule has 2 heterocycles. The molecule has 3 saturated carbocycles. The van der Waals surface area contributed by atoms with Crippen LogP contribution in [0.5, 0.6) is 17.2 Å². The number of guanidine groups is 1. The molecule has 5 fully saturated rings. The van der Waals surface area contributed by atoms with Crippen molar-refractivity contribution >= 4 is 41.9 Å². The van der Waals surface area contributed by atoms with Gasteiger partial charge in [0.15, 0.2) is 29.9 Å². The SMILES string of the molecule is CNC[C@H]1C[C@@H]2C[C@]34CCO[C@H](CC[C@H]5[C@@H]2[C@@](O)(C1)c1c(ccc(Cc2c(O)c6c7c(c2O[C@H]2O[C@@H](C)[C@@H](O)C(O)(O)[C@H]2OCCN=C(N)N)CC#C[C@H](N)CC[C@H](O)Cc2cccc(c2)/C=C/c2c(OC(C)=O)cc(CO)c(c2C7=O)C6=O)c1C=O)[C@H]53)C4. The molecule has 0 aromatic heterocycles. The molecule has 21 heteroatoms. The lowest BCUT2D eigenvalue weighted by Gasteiger charge is -2.65. The lowest BCUT2D eigenvalue weighted by atomic mass is 9.41. The highest BCUT2D eigenvalue weighted by molar-refractivity contribution is 6.32. The number of hydrogen-bond acceptors (Lipinski definition) is 19. The molecule has 9 bridgehead atoms. The highest BCUT2D eigenvalue weighted by Crippen LogP contribution is 2.72. The van der Waals surface area contributed by atoms with Crippen LogP contribution in [0.15, 0.2) is 47.5 Å². The van der Waals surface area contributed by atoms with E-state index in [0.29, 0.717) is 36.3 Å². The number of esters is 1. The van der Waals surface area contributed by atoms with Crippen LogP contribution in [0.1, 0.15) is 170 Å². The van der Waals surface area contributed by atoms with Crippen molar-refractivity contribution in [3.05, 3.63) is 120 Å². The fourth-order valence-electron chi connectivity index (χ4n) is 17.1. The number of aldehydes is 1. The molecule has 0 amide bonds. The number of benzene rings is 4. The molecular formula is C68H79N5O16. The first-order chi connectivity index (χ1) is 42.6. The zero-order chi connectivity index (χ0) is 63.0. The second-order valence-electron chi connectivity index (χ2n) is 26.0. The van der Waals surface area contributed by atoms with E-state index in [-0.39, 0.29) is 130 Å². The predicted molar refractivity (Wildman–Crippen MR) is 325 cm³/mol. The van der Waals surface area contributed by atoms with E-state index in [2.05, 4.69) is 22.2 Å². The summed E-state index contributed by atoms with van der Waals surface area (Å²) in [6, 6.07) is 11.5. The molecule has 4 aromatic rings. The molecule has 12 rings (SSSR count). The molecular weight excluding hydrogens is 1140 g/mol. The molecule has 2 saturated heterocycles. The second kappa shape index (κ2) is 24.4. The number of carbonyl (C=O) groups excluding carboxylic acids is 4. The normalized spacial score (nSPS) is 31.7. The maximum Gasteiger partial charge on any atom is 0.308 e. The number of aliphatic imine (C=N–C) groups is 1. The monoisotopic (exact) mass is 1220 g/mol.